The van der Waals surface area contributed by atoms with Crippen LogP contribution in [0.2, 0.25) is 0 Å². The van der Waals surface area contributed by atoms with Crippen LogP contribution in [0.3, 0.4) is 0 Å². The molecule has 0 bridgehead atoms. The predicted octanol–water partition coefficient (Wildman–Crippen LogP) is 2.56. The monoisotopic (exact) mass is 727 g/mol. The van der Waals surface area contributed by atoms with Gasteiger partial charge in [0.25, 0.3) is 0 Å². The Morgan fingerprint density at radius 2 is 0.580 bits per heavy atom. The van der Waals surface area contributed by atoms with Crippen molar-refractivity contribution in [3.8, 4) is 0 Å². The second-order valence-electron chi connectivity index (χ2n) is 13.9. The van der Waals surface area contributed by atoms with Gasteiger partial charge >= 0.3 is 71.1 Å². The largest absolute Gasteiger partial charge is 1.00 e. The van der Waals surface area contributed by atoms with Gasteiger partial charge in [-0.25, -0.2) is 0 Å². The minimum absolute atomic E-state index is 0. The van der Waals surface area contributed by atoms with Gasteiger partial charge in [-0.3, -0.25) is 9.59 Å². The van der Waals surface area contributed by atoms with Crippen molar-refractivity contribution < 1.29 is 98.0 Å². The number of aliphatic carboxylic acids is 2. The Balaban J connectivity index is -0.0000110. The quantitative estimate of drug-likeness (QED) is 0.0543. The zero-order valence-electron chi connectivity index (χ0n) is 33.0. The van der Waals surface area contributed by atoms with Gasteiger partial charge in [0, 0.05) is 24.8 Å². The summed E-state index contributed by atoms with van der Waals surface area (Å²) in [6.07, 6.45) is 31.7. The van der Waals surface area contributed by atoms with Gasteiger partial charge in [0.2, 0.25) is 0 Å². The van der Waals surface area contributed by atoms with Crippen LogP contribution in [0.1, 0.15) is 206 Å². The molecule has 0 amide bonds. The Bertz CT molecular complexity index is 731. The molecule has 0 aliphatic rings. The molecule has 2 atom stereocenters. The van der Waals surface area contributed by atoms with E-state index in [4.69, 9.17) is 9.47 Å². The standard InChI is InChI=1S/C40H74O8.2Na/c1-3-5-7-9-11-13-15-17-19-21-23-25-27-29-31-47-39(45)35(33-37(41)42)36(34-38(43)44)40(46)48-32-30-28-26-24-22-20-18-16-14-12-10-8-6-4-2;;/h35-36H,3-34H2,1-2H3,(H,41,42)(H,43,44);;/q;2*+1/p-2. The smallest absolute Gasteiger partial charge is 0.550 e. The molecule has 0 rings (SSSR count). The van der Waals surface area contributed by atoms with E-state index < -0.39 is 48.6 Å². The molecule has 0 radical (unpaired) electrons. The maximum atomic E-state index is 12.8. The van der Waals surface area contributed by atoms with Crippen LogP contribution in [0.25, 0.3) is 0 Å². The van der Waals surface area contributed by atoms with Crippen LogP contribution >= 0.6 is 0 Å². The summed E-state index contributed by atoms with van der Waals surface area (Å²) in [7, 11) is 0. The summed E-state index contributed by atoms with van der Waals surface area (Å²) in [6, 6.07) is 0. The molecular weight excluding hydrogens is 654 g/mol. The normalized spacial score (nSPS) is 12.0. The number of carboxylic acids is 2. The van der Waals surface area contributed by atoms with E-state index in [9.17, 15) is 29.4 Å². The minimum Gasteiger partial charge on any atom is -0.550 e. The molecule has 0 fully saturated rings. The van der Waals surface area contributed by atoms with Crippen molar-refractivity contribution in [3.05, 3.63) is 0 Å². The van der Waals surface area contributed by atoms with E-state index in [0.29, 0.717) is 12.8 Å². The van der Waals surface area contributed by atoms with Gasteiger partial charge in [0.15, 0.2) is 0 Å². The summed E-state index contributed by atoms with van der Waals surface area (Å²) in [6.45, 7) is 4.66. The van der Waals surface area contributed by atoms with Crippen molar-refractivity contribution in [3.63, 3.8) is 0 Å². The van der Waals surface area contributed by atoms with E-state index in [1.54, 1.807) is 0 Å². The minimum atomic E-state index is -1.56. The molecule has 50 heavy (non-hydrogen) atoms. The van der Waals surface area contributed by atoms with Crippen LogP contribution in [-0.2, 0) is 28.7 Å². The average Bonchev–Trinajstić information content (AvgIpc) is 3.05. The second kappa shape index (κ2) is 41.6. The van der Waals surface area contributed by atoms with E-state index in [1.165, 1.54) is 128 Å². The Morgan fingerprint density at radius 1 is 0.380 bits per heavy atom. The summed E-state index contributed by atoms with van der Waals surface area (Å²) in [5, 5.41) is 22.8. The third kappa shape index (κ3) is 36.2. The fourth-order valence-corrected chi connectivity index (χ4v) is 6.29. The average molecular weight is 727 g/mol. The number of hydrogen-bond donors (Lipinski definition) is 0. The second-order valence-corrected chi connectivity index (χ2v) is 13.9. The summed E-state index contributed by atoms with van der Waals surface area (Å²) in [5.74, 6) is -7.93. The molecule has 0 aliphatic carbocycles. The van der Waals surface area contributed by atoms with Crippen molar-refractivity contribution in [1.29, 1.82) is 0 Å². The molecule has 2 unspecified atom stereocenters. The third-order valence-corrected chi connectivity index (χ3v) is 9.35. The van der Waals surface area contributed by atoms with Crippen LogP contribution in [0.5, 0.6) is 0 Å². The number of rotatable bonds is 37. The first-order valence-electron chi connectivity index (χ1n) is 20.1. The summed E-state index contributed by atoms with van der Waals surface area (Å²) < 4.78 is 10.6. The van der Waals surface area contributed by atoms with Gasteiger partial charge in [-0.1, -0.05) is 181 Å². The molecule has 0 heterocycles. The molecular formula is C40H72Na2O8. The van der Waals surface area contributed by atoms with Crippen LogP contribution in [0.15, 0.2) is 0 Å². The number of carbonyl (C=O) groups excluding carboxylic acids is 4. The number of carbonyl (C=O) groups is 4. The SMILES string of the molecule is CCCCCCCCCCCCCCCCOC(=O)C(CC(=O)[O-])C(CC(=O)[O-])C(=O)OCCCCCCCCCCCCCCCC.[Na+].[Na+]. The van der Waals surface area contributed by atoms with Gasteiger partial charge in [0.05, 0.1) is 25.0 Å². The number of esters is 2. The van der Waals surface area contributed by atoms with Crippen LogP contribution in [0, 0.1) is 11.8 Å². The molecule has 0 saturated heterocycles. The van der Waals surface area contributed by atoms with Crippen LogP contribution in [-0.4, -0.2) is 37.1 Å². The Kier molecular flexibility index (Phi) is 45.2. The molecule has 0 aromatic carbocycles. The third-order valence-electron chi connectivity index (χ3n) is 9.35. The van der Waals surface area contributed by atoms with Gasteiger partial charge in [-0.05, 0) is 12.8 Å². The first-order chi connectivity index (χ1) is 23.3. The summed E-state index contributed by atoms with van der Waals surface area (Å²) >= 11 is 0. The summed E-state index contributed by atoms with van der Waals surface area (Å²) in [5.41, 5.74) is 0. The topological polar surface area (TPSA) is 133 Å². The van der Waals surface area contributed by atoms with Crippen molar-refractivity contribution in [1.82, 2.24) is 0 Å². The van der Waals surface area contributed by atoms with E-state index in [1.807, 2.05) is 0 Å². The Hall–Kier alpha value is -0.120. The Morgan fingerprint density at radius 3 is 0.780 bits per heavy atom. The van der Waals surface area contributed by atoms with Gasteiger partial charge in [-0.15, -0.1) is 0 Å². The molecule has 0 aromatic heterocycles. The molecule has 0 saturated carbocycles. The fourth-order valence-electron chi connectivity index (χ4n) is 6.29. The maximum absolute atomic E-state index is 12.8. The zero-order valence-corrected chi connectivity index (χ0v) is 37.0. The van der Waals surface area contributed by atoms with Crippen molar-refractivity contribution in [2.45, 2.75) is 206 Å². The van der Waals surface area contributed by atoms with Crippen molar-refractivity contribution >= 4 is 23.9 Å². The molecule has 0 N–H and O–H groups in total. The van der Waals surface area contributed by atoms with E-state index >= 15 is 0 Å². The Labute approximate surface area is 350 Å². The van der Waals surface area contributed by atoms with Gasteiger partial charge in [0.1, 0.15) is 0 Å². The maximum Gasteiger partial charge on any atom is 1.00 e. The van der Waals surface area contributed by atoms with E-state index in [0.717, 1.165) is 38.5 Å². The van der Waals surface area contributed by atoms with E-state index in [2.05, 4.69) is 13.8 Å². The molecule has 10 heteroatoms. The zero-order chi connectivity index (χ0) is 35.5. The van der Waals surface area contributed by atoms with Crippen LogP contribution < -0.4 is 69.3 Å². The number of ether oxygens (including phenoxy) is 2. The van der Waals surface area contributed by atoms with Crippen LogP contribution in [0.4, 0.5) is 0 Å². The molecule has 0 aromatic rings. The summed E-state index contributed by atoms with van der Waals surface area (Å²) in [4.78, 5) is 48.5. The van der Waals surface area contributed by atoms with Crippen molar-refractivity contribution in [2.75, 3.05) is 13.2 Å². The van der Waals surface area contributed by atoms with Gasteiger partial charge in [-0.2, -0.15) is 0 Å². The molecule has 8 nitrogen and oxygen atoms in total. The molecule has 0 spiro atoms. The fraction of sp³-hybridized carbons (Fsp3) is 0.900. The first kappa shape index (κ1) is 54.2. The number of hydrogen-bond acceptors (Lipinski definition) is 8. The molecule has 0 aliphatic heterocycles. The number of unbranched alkanes of at least 4 members (excludes halogenated alkanes) is 26. The number of carboxylic acid groups (broad SMARTS) is 2. The van der Waals surface area contributed by atoms with E-state index in [-0.39, 0.29) is 72.3 Å². The predicted molar refractivity (Wildman–Crippen MR) is 189 cm³/mol. The first-order valence-corrected chi connectivity index (χ1v) is 20.1. The van der Waals surface area contributed by atoms with Crippen molar-refractivity contribution in [2.24, 2.45) is 11.8 Å². The van der Waals surface area contributed by atoms with Gasteiger partial charge < -0.3 is 29.3 Å². The molecule has 282 valence electrons.